The number of nitrogens with zero attached hydrogens (tertiary/aromatic N) is 2. The van der Waals surface area contributed by atoms with Crippen LogP contribution >= 0.6 is 24.0 Å². The van der Waals surface area contributed by atoms with Crippen LogP contribution in [0.3, 0.4) is 0 Å². The molecule has 1 aromatic heterocycles. The van der Waals surface area contributed by atoms with Gasteiger partial charge in [-0.05, 0) is 44.0 Å². The van der Waals surface area contributed by atoms with E-state index in [4.69, 9.17) is 4.74 Å². The van der Waals surface area contributed by atoms with Gasteiger partial charge in [-0.3, -0.25) is 14.8 Å². The van der Waals surface area contributed by atoms with E-state index in [2.05, 4.69) is 45.8 Å². The lowest BCUT2D eigenvalue weighted by atomic mass is 10.1. The van der Waals surface area contributed by atoms with E-state index in [0.29, 0.717) is 18.2 Å². The Bertz CT molecular complexity index is 799. The minimum absolute atomic E-state index is 0. The van der Waals surface area contributed by atoms with Crippen molar-refractivity contribution in [3.05, 3.63) is 53.9 Å². The molecular weight excluding hydrogens is 481 g/mol. The molecule has 2 aromatic rings. The molecule has 3 N–H and O–H groups in total. The summed E-state index contributed by atoms with van der Waals surface area (Å²) >= 11 is 0. The largest absolute Gasteiger partial charge is 0.490 e. The summed E-state index contributed by atoms with van der Waals surface area (Å²) < 4.78 is 6.04. The first kappa shape index (κ1) is 24.7. The number of aromatic nitrogens is 1. The van der Waals surface area contributed by atoms with Gasteiger partial charge in [0.2, 0.25) is 5.91 Å². The van der Waals surface area contributed by atoms with Crippen molar-refractivity contribution in [1.29, 1.82) is 0 Å². The second-order valence-corrected chi connectivity index (χ2v) is 6.52. The van der Waals surface area contributed by atoms with E-state index in [1.807, 2.05) is 19.1 Å². The molecule has 0 aliphatic rings. The molecule has 29 heavy (non-hydrogen) atoms. The average molecular weight is 511 g/mol. The summed E-state index contributed by atoms with van der Waals surface area (Å²) in [6.45, 7) is 6.83. The molecular formula is C21H30IN5O2. The molecule has 1 unspecified atom stereocenters. The molecule has 0 bridgehead atoms. The van der Waals surface area contributed by atoms with Gasteiger partial charge in [-0.25, -0.2) is 0 Å². The van der Waals surface area contributed by atoms with Crippen LogP contribution < -0.4 is 20.7 Å². The average Bonchev–Trinajstić information content (AvgIpc) is 2.70. The minimum atomic E-state index is -0.174. The van der Waals surface area contributed by atoms with Gasteiger partial charge in [0.1, 0.15) is 5.75 Å². The molecule has 0 aliphatic carbocycles. The van der Waals surface area contributed by atoms with Crippen molar-refractivity contribution in [3.63, 3.8) is 0 Å². The van der Waals surface area contributed by atoms with Crippen molar-refractivity contribution < 1.29 is 9.53 Å². The zero-order valence-electron chi connectivity index (χ0n) is 17.4. The van der Waals surface area contributed by atoms with Crippen LogP contribution in [0.4, 0.5) is 5.69 Å². The van der Waals surface area contributed by atoms with Crippen LogP contribution in [-0.4, -0.2) is 36.5 Å². The van der Waals surface area contributed by atoms with Crippen LogP contribution in [0.5, 0.6) is 5.75 Å². The summed E-state index contributed by atoms with van der Waals surface area (Å²) in [5.74, 6) is 1.23. The van der Waals surface area contributed by atoms with E-state index in [-0.39, 0.29) is 42.5 Å². The molecule has 2 rings (SSSR count). The lowest BCUT2D eigenvalue weighted by Crippen LogP contribution is -2.41. The number of nitrogens with one attached hydrogen (secondary N) is 3. The van der Waals surface area contributed by atoms with Gasteiger partial charge < -0.3 is 20.7 Å². The van der Waals surface area contributed by atoms with Crippen LogP contribution in [-0.2, 0) is 11.3 Å². The Labute approximate surface area is 189 Å². The standard InChI is InChI=1S/C21H29N5O2.HI/c1-5-16(3)28-19-11-15(2)8-9-17(19)12-24-21(22-4)25-14-20(27)26-18-7-6-10-23-13-18;/h6-11,13,16H,5,12,14H2,1-4H3,(H,26,27)(H2,22,24,25);1H. The highest BCUT2D eigenvalue weighted by molar-refractivity contribution is 14.0. The lowest BCUT2D eigenvalue weighted by Gasteiger charge is -2.18. The molecule has 1 aromatic carbocycles. The fourth-order valence-electron chi connectivity index (χ4n) is 2.42. The Morgan fingerprint density at radius 1 is 1.28 bits per heavy atom. The number of guanidine groups is 1. The zero-order chi connectivity index (χ0) is 20.4. The van der Waals surface area contributed by atoms with Gasteiger partial charge in [0.15, 0.2) is 5.96 Å². The van der Waals surface area contributed by atoms with Crippen LogP contribution in [0.1, 0.15) is 31.4 Å². The molecule has 0 saturated carbocycles. The van der Waals surface area contributed by atoms with Crippen molar-refractivity contribution >= 4 is 41.5 Å². The van der Waals surface area contributed by atoms with Crippen molar-refractivity contribution in [3.8, 4) is 5.75 Å². The number of anilines is 1. The van der Waals surface area contributed by atoms with E-state index in [0.717, 1.165) is 23.3 Å². The van der Waals surface area contributed by atoms with Crippen molar-refractivity contribution in [2.45, 2.75) is 39.8 Å². The summed E-state index contributed by atoms with van der Waals surface area (Å²) in [6, 6.07) is 9.69. The predicted octanol–water partition coefficient (Wildman–Crippen LogP) is 3.49. The number of rotatable bonds is 8. The maximum Gasteiger partial charge on any atom is 0.243 e. The Balaban J connectivity index is 0.00000420. The molecule has 1 amide bonds. The molecule has 0 aliphatic heterocycles. The number of benzene rings is 1. The van der Waals surface area contributed by atoms with Crippen molar-refractivity contribution in [2.24, 2.45) is 4.99 Å². The number of hydrogen-bond donors (Lipinski definition) is 3. The molecule has 158 valence electrons. The van der Waals surface area contributed by atoms with Gasteiger partial charge in [-0.2, -0.15) is 0 Å². The number of carbonyl (C=O) groups is 1. The van der Waals surface area contributed by atoms with E-state index in [1.54, 1.807) is 31.6 Å². The van der Waals surface area contributed by atoms with Crippen molar-refractivity contribution in [2.75, 3.05) is 18.9 Å². The third kappa shape index (κ3) is 8.68. The molecule has 0 spiro atoms. The fraction of sp³-hybridized carbons (Fsp3) is 0.381. The Morgan fingerprint density at radius 3 is 2.72 bits per heavy atom. The summed E-state index contributed by atoms with van der Waals surface area (Å²) in [4.78, 5) is 20.2. The number of aliphatic imine (C=N–C) groups is 1. The summed E-state index contributed by atoms with van der Waals surface area (Å²) in [6.07, 6.45) is 4.34. The van der Waals surface area contributed by atoms with E-state index in [9.17, 15) is 4.79 Å². The van der Waals surface area contributed by atoms with Gasteiger partial charge in [0.25, 0.3) is 0 Å². The summed E-state index contributed by atoms with van der Waals surface area (Å²) in [7, 11) is 1.67. The van der Waals surface area contributed by atoms with Gasteiger partial charge in [0, 0.05) is 25.4 Å². The molecule has 7 nitrogen and oxygen atoms in total. The van der Waals surface area contributed by atoms with E-state index < -0.39 is 0 Å². The first-order valence-corrected chi connectivity index (χ1v) is 9.42. The number of aryl methyl sites for hydroxylation is 1. The minimum Gasteiger partial charge on any atom is -0.490 e. The number of halogens is 1. The third-order valence-corrected chi connectivity index (χ3v) is 4.16. The van der Waals surface area contributed by atoms with Gasteiger partial charge >= 0.3 is 0 Å². The summed E-state index contributed by atoms with van der Waals surface area (Å²) in [5, 5.41) is 9.00. The molecule has 1 heterocycles. The normalized spacial score (nSPS) is 11.8. The maximum atomic E-state index is 12.0. The highest BCUT2D eigenvalue weighted by Crippen LogP contribution is 2.22. The van der Waals surface area contributed by atoms with Gasteiger partial charge in [-0.15, -0.1) is 24.0 Å². The molecule has 0 radical (unpaired) electrons. The van der Waals surface area contributed by atoms with E-state index in [1.165, 1.54) is 0 Å². The Hall–Kier alpha value is -2.36. The Morgan fingerprint density at radius 2 is 2.07 bits per heavy atom. The first-order valence-electron chi connectivity index (χ1n) is 9.42. The topological polar surface area (TPSA) is 87.6 Å². The Kier molecular flexibility index (Phi) is 11.0. The number of carbonyl (C=O) groups excluding carboxylic acids is 1. The number of ether oxygens (including phenoxy) is 1. The smallest absolute Gasteiger partial charge is 0.243 e. The van der Waals surface area contributed by atoms with Crippen LogP contribution in [0.25, 0.3) is 0 Å². The van der Waals surface area contributed by atoms with Crippen LogP contribution in [0, 0.1) is 6.92 Å². The lowest BCUT2D eigenvalue weighted by molar-refractivity contribution is -0.115. The van der Waals surface area contributed by atoms with Crippen LogP contribution in [0.2, 0.25) is 0 Å². The monoisotopic (exact) mass is 511 g/mol. The maximum absolute atomic E-state index is 12.0. The highest BCUT2D eigenvalue weighted by atomic mass is 127. The highest BCUT2D eigenvalue weighted by Gasteiger charge is 2.09. The number of amides is 1. The van der Waals surface area contributed by atoms with E-state index >= 15 is 0 Å². The van der Waals surface area contributed by atoms with Gasteiger partial charge in [0.05, 0.1) is 24.5 Å². The van der Waals surface area contributed by atoms with Gasteiger partial charge in [-0.1, -0.05) is 19.1 Å². The quantitative estimate of drug-likeness (QED) is 0.287. The fourth-order valence-corrected chi connectivity index (χ4v) is 2.42. The SMILES string of the molecule is CCC(C)Oc1cc(C)ccc1CNC(=NC)NCC(=O)Nc1cccnc1.I. The number of hydrogen-bond acceptors (Lipinski definition) is 4. The molecule has 1 atom stereocenters. The van der Waals surface area contributed by atoms with Crippen LogP contribution in [0.15, 0.2) is 47.7 Å². The first-order chi connectivity index (χ1) is 13.5. The second kappa shape index (κ2) is 13.0. The summed E-state index contributed by atoms with van der Waals surface area (Å²) in [5.41, 5.74) is 2.84. The number of pyridine rings is 1. The predicted molar refractivity (Wildman–Crippen MR) is 128 cm³/mol. The van der Waals surface area contributed by atoms with Crippen molar-refractivity contribution in [1.82, 2.24) is 15.6 Å². The zero-order valence-corrected chi connectivity index (χ0v) is 19.7. The molecule has 8 heteroatoms. The molecule has 0 fully saturated rings. The molecule has 0 saturated heterocycles. The second-order valence-electron chi connectivity index (χ2n) is 6.52. The third-order valence-electron chi connectivity index (χ3n) is 4.16.